The maximum atomic E-state index is 11.4. The van der Waals surface area contributed by atoms with Crippen LogP contribution in [0.4, 0.5) is 0 Å². The van der Waals surface area contributed by atoms with Crippen molar-refractivity contribution < 1.29 is 19.4 Å². The molecule has 0 spiro atoms. The lowest BCUT2D eigenvalue weighted by molar-refractivity contribution is -0.129. The summed E-state index contributed by atoms with van der Waals surface area (Å²) in [6.07, 6.45) is 1.17. The van der Waals surface area contributed by atoms with Crippen molar-refractivity contribution in [2.45, 2.75) is 38.4 Å². The van der Waals surface area contributed by atoms with Gasteiger partial charge in [-0.2, -0.15) is 0 Å². The van der Waals surface area contributed by atoms with E-state index in [2.05, 4.69) is 5.32 Å². The molecule has 0 unspecified atom stereocenters. The van der Waals surface area contributed by atoms with Crippen LogP contribution in [0.2, 0.25) is 0 Å². The summed E-state index contributed by atoms with van der Waals surface area (Å²) in [7, 11) is 0. The Morgan fingerprint density at radius 3 is 2.69 bits per heavy atom. The highest BCUT2D eigenvalue weighted by atomic mass is 16.5. The van der Waals surface area contributed by atoms with Crippen molar-refractivity contribution in [3.05, 3.63) is 0 Å². The molecule has 0 aromatic carbocycles. The van der Waals surface area contributed by atoms with Crippen LogP contribution in [0, 0.1) is 0 Å². The fraction of sp³-hybridized carbons (Fsp3) is 0.909. The second-order valence-electron chi connectivity index (χ2n) is 4.47. The standard InChI is InChI=1S/C11H21NO4/c1-9(2)16-7-10(13)12-8-11(14)3-5-15-6-4-11/h9,14H,3-8H2,1-2H3,(H,12,13). The van der Waals surface area contributed by atoms with Gasteiger partial charge in [0.25, 0.3) is 0 Å². The number of carbonyl (C=O) groups is 1. The second-order valence-corrected chi connectivity index (χ2v) is 4.47. The molecular formula is C11H21NO4. The molecule has 0 saturated carbocycles. The van der Waals surface area contributed by atoms with Crippen LogP contribution in [0.1, 0.15) is 26.7 Å². The van der Waals surface area contributed by atoms with E-state index in [1.165, 1.54) is 0 Å². The summed E-state index contributed by atoms with van der Waals surface area (Å²) in [5.74, 6) is -0.186. The predicted octanol–water partition coefficient (Wildman–Crippen LogP) is 0.0691. The minimum Gasteiger partial charge on any atom is -0.388 e. The van der Waals surface area contributed by atoms with Gasteiger partial charge in [0.05, 0.1) is 11.7 Å². The van der Waals surface area contributed by atoms with Gasteiger partial charge in [-0.05, 0) is 13.8 Å². The molecule has 0 atom stereocenters. The first-order chi connectivity index (χ1) is 7.52. The average Bonchev–Trinajstić information content (AvgIpc) is 2.25. The molecule has 1 amide bonds. The minimum atomic E-state index is -0.814. The van der Waals surface area contributed by atoms with E-state index >= 15 is 0 Å². The molecule has 1 heterocycles. The van der Waals surface area contributed by atoms with Crippen molar-refractivity contribution in [2.75, 3.05) is 26.4 Å². The molecule has 0 aliphatic carbocycles. The van der Waals surface area contributed by atoms with Gasteiger partial charge in [-0.15, -0.1) is 0 Å². The largest absolute Gasteiger partial charge is 0.388 e. The number of nitrogens with one attached hydrogen (secondary N) is 1. The Morgan fingerprint density at radius 2 is 2.12 bits per heavy atom. The van der Waals surface area contributed by atoms with Crippen molar-refractivity contribution in [2.24, 2.45) is 0 Å². The number of hydrogen-bond donors (Lipinski definition) is 2. The molecule has 5 nitrogen and oxygen atoms in total. The van der Waals surface area contributed by atoms with Crippen LogP contribution in [0.5, 0.6) is 0 Å². The van der Waals surface area contributed by atoms with Gasteiger partial charge < -0.3 is 19.9 Å². The third-order valence-electron chi connectivity index (χ3n) is 2.59. The third-order valence-corrected chi connectivity index (χ3v) is 2.59. The summed E-state index contributed by atoms with van der Waals surface area (Å²) in [6, 6.07) is 0. The van der Waals surface area contributed by atoms with Gasteiger partial charge in [-0.3, -0.25) is 4.79 Å². The summed E-state index contributed by atoms with van der Waals surface area (Å²) in [5.41, 5.74) is -0.814. The lowest BCUT2D eigenvalue weighted by Crippen LogP contribution is -2.47. The third kappa shape index (κ3) is 4.92. The highest BCUT2D eigenvalue weighted by Crippen LogP contribution is 2.18. The van der Waals surface area contributed by atoms with Crippen LogP contribution in [-0.2, 0) is 14.3 Å². The normalized spacial score (nSPS) is 19.8. The second kappa shape index (κ2) is 6.18. The Kier molecular flexibility index (Phi) is 5.18. The highest BCUT2D eigenvalue weighted by molar-refractivity contribution is 5.77. The number of hydrogen-bond acceptors (Lipinski definition) is 4. The van der Waals surface area contributed by atoms with Crippen LogP contribution >= 0.6 is 0 Å². The molecular weight excluding hydrogens is 210 g/mol. The molecule has 1 saturated heterocycles. The van der Waals surface area contributed by atoms with Gasteiger partial charge in [0, 0.05) is 32.6 Å². The average molecular weight is 231 g/mol. The predicted molar refractivity (Wildman–Crippen MR) is 59.1 cm³/mol. The highest BCUT2D eigenvalue weighted by Gasteiger charge is 2.29. The Hall–Kier alpha value is -0.650. The molecule has 94 valence electrons. The lowest BCUT2D eigenvalue weighted by Gasteiger charge is -2.32. The van der Waals surface area contributed by atoms with E-state index in [1.54, 1.807) is 0 Å². The first-order valence-corrected chi connectivity index (χ1v) is 5.70. The summed E-state index contributed by atoms with van der Waals surface area (Å²) in [5, 5.41) is 12.7. The lowest BCUT2D eigenvalue weighted by atomic mass is 9.94. The molecule has 0 aromatic rings. The van der Waals surface area contributed by atoms with Crippen LogP contribution in [0.15, 0.2) is 0 Å². The summed E-state index contributed by atoms with van der Waals surface area (Å²) in [6.45, 7) is 5.17. The van der Waals surface area contributed by atoms with E-state index < -0.39 is 5.60 Å². The van der Waals surface area contributed by atoms with Crippen molar-refractivity contribution in [3.63, 3.8) is 0 Å². The van der Waals surface area contributed by atoms with Crippen LogP contribution in [0.3, 0.4) is 0 Å². The maximum absolute atomic E-state index is 11.4. The SMILES string of the molecule is CC(C)OCC(=O)NCC1(O)CCOCC1. The first kappa shape index (κ1) is 13.4. The number of rotatable bonds is 5. The topological polar surface area (TPSA) is 67.8 Å². The Morgan fingerprint density at radius 1 is 1.50 bits per heavy atom. The van der Waals surface area contributed by atoms with Gasteiger partial charge in [-0.1, -0.05) is 0 Å². The zero-order valence-corrected chi connectivity index (χ0v) is 9.99. The molecule has 0 bridgehead atoms. The quantitative estimate of drug-likeness (QED) is 0.702. The van der Waals surface area contributed by atoms with Crippen LogP contribution in [0.25, 0.3) is 0 Å². The first-order valence-electron chi connectivity index (χ1n) is 5.70. The monoisotopic (exact) mass is 231 g/mol. The van der Waals surface area contributed by atoms with Crippen LogP contribution < -0.4 is 5.32 Å². The Bertz CT molecular complexity index is 224. The van der Waals surface area contributed by atoms with Gasteiger partial charge in [-0.25, -0.2) is 0 Å². The van der Waals surface area contributed by atoms with Gasteiger partial charge in [0.1, 0.15) is 6.61 Å². The molecule has 1 rings (SSSR count). The van der Waals surface area contributed by atoms with Crippen molar-refractivity contribution >= 4 is 5.91 Å². The summed E-state index contributed by atoms with van der Waals surface area (Å²) < 4.78 is 10.3. The van der Waals surface area contributed by atoms with E-state index in [9.17, 15) is 9.90 Å². The molecule has 16 heavy (non-hydrogen) atoms. The van der Waals surface area contributed by atoms with Crippen LogP contribution in [-0.4, -0.2) is 49.1 Å². The fourth-order valence-corrected chi connectivity index (χ4v) is 1.48. The zero-order valence-electron chi connectivity index (χ0n) is 9.99. The van der Waals surface area contributed by atoms with E-state index in [0.29, 0.717) is 26.1 Å². The summed E-state index contributed by atoms with van der Waals surface area (Å²) >= 11 is 0. The Balaban J connectivity index is 2.19. The molecule has 1 aliphatic rings. The van der Waals surface area contributed by atoms with E-state index in [-0.39, 0.29) is 25.2 Å². The van der Waals surface area contributed by atoms with E-state index in [4.69, 9.17) is 9.47 Å². The fourth-order valence-electron chi connectivity index (χ4n) is 1.48. The molecule has 5 heteroatoms. The molecule has 0 radical (unpaired) electrons. The molecule has 1 fully saturated rings. The van der Waals surface area contributed by atoms with Gasteiger partial charge in [0.2, 0.25) is 5.91 Å². The van der Waals surface area contributed by atoms with E-state index in [0.717, 1.165) is 0 Å². The molecule has 0 aromatic heterocycles. The zero-order chi connectivity index (χ0) is 12.0. The summed E-state index contributed by atoms with van der Waals surface area (Å²) in [4.78, 5) is 11.4. The molecule has 2 N–H and O–H groups in total. The smallest absolute Gasteiger partial charge is 0.246 e. The number of amides is 1. The minimum absolute atomic E-state index is 0.0388. The van der Waals surface area contributed by atoms with Gasteiger partial charge in [0.15, 0.2) is 0 Å². The Labute approximate surface area is 96.1 Å². The van der Waals surface area contributed by atoms with Crippen molar-refractivity contribution in [1.29, 1.82) is 0 Å². The number of carbonyl (C=O) groups excluding carboxylic acids is 1. The number of ether oxygens (including phenoxy) is 2. The number of aliphatic hydroxyl groups is 1. The van der Waals surface area contributed by atoms with E-state index in [1.807, 2.05) is 13.8 Å². The maximum Gasteiger partial charge on any atom is 0.246 e. The van der Waals surface area contributed by atoms with Gasteiger partial charge >= 0.3 is 0 Å². The molecule has 1 aliphatic heterocycles. The van der Waals surface area contributed by atoms with Crippen molar-refractivity contribution in [1.82, 2.24) is 5.32 Å². The van der Waals surface area contributed by atoms with Crippen molar-refractivity contribution in [3.8, 4) is 0 Å².